The van der Waals surface area contributed by atoms with E-state index in [4.69, 9.17) is 4.74 Å². The van der Waals surface area contributed by atoms with Gasteiger partial charge in [0.15, 0.2) is 0 Å². The predicted molar refractivity (Wildman–Crippen MR) is 112 cm³/mol. The van der Waals surface area contributed by atoms with Gasteiger partial charge in [-0.25, -0.2) is 4.39 Å². The minimum atomic E-state index is -4.41. The third-order valence-corrected chi connectivity index (χ3v) is 6.41. The van der Waals surface area contributed by atoms with Crippen LogP contribution in [0.5, 0.6) is 0 Å². The van der Waals surface area contributed by atoms with Gasteiger partial charge in [0, 0.05) is 29.6 Å². The number of alkyl halides is 3. The van der Waals surface area contributed by atoms with E-state index in [9.17, 15) is 17.6 Å². The minimum absolute atomic E-state index is 0.0804. The number of aryl methyl sites for hydroxylation is 1. The molecule has 31 heavy (non-hydrogen) atoms. The number of hydrogen-bond donors (Lipinski definition) is 0. The van der Waals surface area contributed by atoms with E-state index in [2.05, 4.69) is 11.9 Å². The van der Waals surface area contributed by atoms with Crippen molar-refractivity contribution < 1.29 is 22.3 Å². The molecule has 1 aliphatic heterocycles. The van der Waals surface area contributed by atoms with E-state index in [0.29, 0.717) is 17.6 Å². The number of likely N-dealkylation sites (tertiary alicyclic amines) is 1. The van der Waals surface area contributed by atoms with E-state index in [0.717, 1.165) is 37.0 Å². The number of hydrogen-bond acceptors (Lipinski definition) is 2. The van der Waals surface area contributed by atoms with Gasteiger partial charge < -0.3 is 14.2 Å². The molecule has 4 rings (SSSR count). The fraction of sp³-hybridized carbons (Fsp3) is 0.417. The average Bonchev–Trinajstić information content (AvgIpc) is 3.11. The molecule has 1 fully saturated rings. The van der Waals surface area contributed by atoms with Crippen LogP contribution in [0.4, 0.5) is 17.6 Å². The minimum Gasteiger partial charge on any atom is -0.376 e. The summed E-state index contributed by atoms with van der Waals surface area (Å²) in [4.78, 5) is 2.24. The highest BCUT2D eigenvalue weighted by molar-refractivity contribution is 5.84. The van der Waals surface area contributed by atoms with Gasteiger partial charge in [0.05, 0.1) is 24.3 Å². The molecule has 0 atom stereocenters. The zero-order chi connectivity index (χ0) is 22.2. The van der Waals surface area contributed by atoms with Crippen LogP contribution in [0.2, 0.25) is 0 Å². The molecular weight excluding hydrogens is 408 g/mol. The fourth-order valence-corrected chi connectivity index (χ4v) is 4.54. The number of nitrogens with zero attached hydrogens (tertiary/aromatic N) is 2. The highest BCUT2D eigenvalue weighted by atomic mass is 19.4. The molecule has 0 unspecified atom stereocenters. The summed E-state index contributed by atoms with van der Waals surface area (Å²) >= 11 is 0. The molecule has 0 bridgehead atoms. The van der Waals surface area contributed by atoms with Crippen molar-refractivity contribution >= 4 is 10.9 Å². The first-order valence-electron chi connectivity index (χ1n) is 10.4. The van der Waals surface area contributed by atoms with Crippen LogP contribution >= 0.6 is 0 Å². The van der Waals surface area contributed by atoms with Crippen LogP contribution in [-0.2, 0) is 30.0 Å². The van der Waals surface area contributed by atoms with E-state index in [-0.39, 0.29) is 17.8 Å². The van der Waals surface area contributed by atoms with Gasteiger partial charge >= 0.3 is 6.18 Å². The van der Waals surface area contributed by atoms with Crippen molar-refractivity contribution in [1.29, 1.82) is 0 Å². The number of rotatable bonds is 5. The Hall–Kier alpha value is -2.38. The summed E-state index contributed by atoms with van der Waals surface area (Å²) in [6.07, 6.45) is -0.970. The monoisotopic (exact) mass is 434 g/mol. The lowest BCUT2D eigenvalue weighted by atomic mass is 9.73. The van der Waals surface area contributed by atoms with E-state index in [1.165, 1.54) is 24.3 Å². The van der Waals surface area contributed by atoms with Crippen LogP contribution in [0.15, 0.2) is 48.7 Å². The Balaban J connectivity index is 1.60. The molecule has 0 amide bonds. The van der Waals surface area contributed by atoms with Crippen molar-refractivity contribution in [2.24, 2.45) is 7.05 Å². The maximum Gasteiger partial charge on any atom is 0.416 e. The first-order valence-corrected chi connectivity index (χ1v) is 10.4. The normalized spacial score (nSPS) is 17.4. The Bertz CT molecular complexity index is 1050. The first-order chi connectivity index (χ1) is 14.7. The number of halogens is 4. The van der Waals surface area contributed by atoms with Gasteiger partial charge in [-0.1, -0.05) is 12.1 Å². The number of fused-ring (bicyclic) bond motifs is 1. The van der Waals surface area contributed by atoms with Crippen molar-refractivity contribution in [3.05, 3.63) is 71.2 Å². The summed E-state index contributed by atoms with van der Waals surface area (Å²) < 4.78 is 61.5. The first kappa shape index (κ1) is 21.8. The SMILES string of the molecule is CN1CCC(COCc2cc(C(F)(F)F)cc3ccn(C)c23)(c2ccc(F)cc2)CC1. The van der Waals surface area contributed by atoms with Gasteiger partial charge in [-0.2, -0.15) is 13.2 Å². The Morgan fingerprint density at radius 2 is 1.68 bits per heavy atom. The number of piperidine rings is 1. The lowest BCUT2D eigenvalue weighted by Crippen LogP contribution is -2.43. The Morgan fingerprint density at radius 1 is 1.00 bits per heavy atom. The van der Waals surface area contributed by atoms with Crippen molar-refractivity contribution in [1.82, 2.24) is 9.47 Å². The van der Waals surface area contributed by atoms with E-state index in [1.54, 1.807) is 24.4 Å². The van der Waals surface area contributed by atoms with E-state index < -0.39 is 11.7 Å². The molecule has 0 N–H and O–H groups in total. The van der Waals surface area contributed by atoms with E-state index >= 15 is 0 Å². The van der Waals surface area contributed by atoms with Crippen LogP contribution in [0.1, 0.15) is 29.5 Å². The number of ether oxygens (including phenoxy) is 1. The number of aromatic nitrogens is 1. The van der Waals surface area contributed by atoms with Gasteiger partial charge in [-0.15, -0.1) is 0 Å². The maximum absolute atomic E-state index is 13.5. The third kappa shape index (κ3) is 4.48. The highest BCUT2D eigenvalue weighted by Crippen LogP contribution is 2.37. The van der Waals surface area contributed by atoms with Gasteiger partial charge in [0.25, 0.3) is 0 Å². The van der Waals surface area contributed by atoms with Gasteiger partial charge in [0.1, 0.15) is 5.82 Å². The molecule has 3 aromatic rings. The predicted octanol–water partition coefficient (Wildman–Crippen LogP) is 5.52. The van der Waals surface area contributed by atoms with Crippen LogP contribution in [0.3, 0.4) is 0 Å². The summed E-state index contributed by atoms with van der Waals surface area (Å²) in [6, 6.07) is 10.5. The maximum atomic E-state index is 13.5. The van der Waals surface area contributed by atoms with Gasteiger partial charge in [-0.3, -0.25) is 0 Å². The molecule has 166 valence electrons. The Kier molecular flexibility index (Phi) is 5.83. The summed E-state index contributed by atoms with van der Waals surface area (Å²) in [5.41, 5.74) is 1.31. The van der Waals surface area contributed by atoms with Crippen LogP contribution < -0.4 is 0 Å². The molecule has 7 heteroatoms. The summed E-state index contributed by atoms with van der Waals surface area (Å²) in [5, 5.41) is 0.545. The number of benzene rings is 2. The molecule has 0 aliphatic carbocycles. The fourth-order valence-electron chi connectivity index (χ4n) is 4.54. The summed E-state index contributed by atoms with van der Waals surface area (Å²) in [6.45, 7) is 2.21. The molecule has 2 heterocycles. The van der Waals surface area contributed by atoms with Crippen molar-refractivity contribution in [2.45, 2.75) is 31.0 Å². The largest absolute Gasteiger partial charge is 0.416 e. The zero-order valence-corrected chi connectivity index (χ0v) is 17.7. The molecule has 3 nitrogen and oxygen atoms in total. The van der Waals surface area contributed by atoms with Gasteiger partial charge in [0.2, 0.25) is 0 Å². The molecular formula is C24H26F4N2O. The quantitative estimate of drug-likeness (QED) is 0.492. The van der Waals surface area contributed by atoms with Crippen LogP contribution in [-0.4, -0.2) is 36.2 Å². The standard InChI is InChI=1S/C24H26F4N2O/c1-29-11-8-23(9-12-29,19-3-5-21(25)6-4-19)16-31-15-18-14-20(24(26,27)28)13-17-7-10-30(2)22(17)18/h3-7,10,13-14H,8-9,11-12,15-16H2,1-2H3. The van der Waals surface area contributed by atoms with E-state index in [1.807, 2.05) is 11.6 Å². The van der Waals surface area contributed by atoms with Crippen molar-refractivity contribution in [2.75, 3.05) is 26.7 Å². The molecule has 1 saturated heterocycles. The molecule has 0 saturated carbocycles. The molecule has 0 radical (unpaired) electrons. The van der Waals surface area contributed by atoms with Crippen LogP contribution in [0, 0.1) is 5.82 Å². The molecule has 1 aliphatic rings. The smallest absolute Gasteiger partial charge is 0.376 e. The third-order valence-electron chi connectivity index (χ3n) is 6.41. The van der Waals surface area contributed by atoms with Crippen molar-refractivity contribution in [3.63, 3.8) is 0 Å². The van der Waals surface area contributed by atoms with Crippen LogP contribution in [0.25, 0.3) is 10.9 Å². The lowest BCUT2D eigenvalue weighted by molar-refractivity contribution is -0.137. The summed E-state index contributed by atoms with van der Waals surface area (Å²) in [5.74, 6) is -0.289. The molecule has 2 aromatic carbocycles. The second-order valence-electron chi connectivity index (χ2n) is 8.58. The van der Waals surface area contributed by atoms with Crippen molar-refractivity contribution in [3.8, 4) is 0 Å². The second-order valence-corrected chi connectivity index (χ2v) is 8.58. The summed E-state index contributed by atoms with van der Waals surface area (Å²) in [7, 11) is 3.88. The average molecular weight is 434 g/mol. The lowest BCUT2D eigenvalue weighted by Gasteiger charge is -2.41. The molecule has 0 spiro atoms. The molecule has 1 aromatic heterocycles. The zero-order valence-electron chi connectivity index (χ0n) is 17.7. The topological polar surface area (TPSA) is 17.4 Å². The Labute approximate surface area is 179 Å². The van der Waals surface area contributed by atoms with Gasteiger partial charge in [-0.05, 0) is 68.9 Å². The highest BCUT2D eigenvalue weighted by Gasteiger charge is 2.36. The second kappa shape index (κ2) is 8.28. The Morgan fingerprint density at radius 3 is 2.32 bits per heavy atom.